The molecule has 0 radical (unpaired) electrons. The summed E-state index contributed by atoms with van der Waals surface area (Å²) in [6.07, 6.45) is 2.23. The molecule has 0 saturated heterocycles. The van der Waals surface area contributed by atoms with Crippen LogP contribution in [0.1, 0.15) is 40.4 Å². The van der Waals surface area contributed by atoms with E-state index in [2.05, 4.69) is 17.4 Å². The molecule has 1 heterocycles. The summed E-state index contributed by atoms with van der Waals surface area (Å²) in [5, 5.41) is 4.10. The first kappa shape index (κ1) is 19.4. The van der Waals surface area contributed by atoms with Crippen molar-refractivity contribution in [2.24, 2.45) is 5.92 Å². The number of rotatable bonds is 5. The van der Waals surface area contributed by atoms with E-state index in [0.717, 1.165) is 34.9 Å². The van der Waals surface area contributed by atoms with Crippen molar-refractivity contribution in [3.05, 3.63) is 101 Å². The zero-order valence-electron chi connectivity index (χ0n) is 17.3. The molecule has 0 aliphatic heterocycles. The Morgan fingerprint density at radius 3 is 2.48 bits per heavy atom. The number of halogens is 1. The first-order chi connectivity index (χ1) is 15.1. The Bertz CT molecular complexity index is 1260. The van der Waals surface area contributed by atoms with Crippen molar-refractivity contribution in [3.8, 4) is 11.3 Å². The minimum absolute atomic E-state index is 0.0161. The molecule has 1 aliphatic carbocycles. The van der Waals surface area contributed by atoms with Gasteiger partial charge in [0.2, 0.25) is 0 Å². The highest BCUT2D eigenvalue weighted by molar-refractivity contribution is 6.09. The third-order valence-electron chi connectivity index (χ3n) is 6.00. The maximum Gasteiger partial charge on any atom is 0.252 e. The van der Waals surface area contributed by atoms with Crippen molar-refractivity contribution in [3.63, 3.8) is 0 Å². The molecule has 31 heavy (non-hydrogen) atoms. The number of carbonyl (C=O) groups excluding carboxylic acids is 1. The van der Waals surface area contributed by atoms with E-state index in [9.17, 15) is 9.18 Å². The molecule has 1 aliphatic rings. The summed E-state index contributed by atoms with van der Waals surface area (Å²) < 4.78 is 13.9. The number of benzene rings is 3. The van der Waals surface area contributed by atoms with Crippen LogP contribution in [0.15, 0.2) is 78.9 Å². The number of nitrogens with zero attached hydrogens (tertiary/aromatic N) is 1. The predicted molar refractivity (Wildman–Crippen MR) is 121 cm³/mol. The lowest BCUT2D eigenvalue weighted by atomic mass is 9.96. The summed E-state index contributed by atoms with van der Waals surface area (Å²) >= 11 is 0. The van der Waals surface area contributed by atoms with Gasteiger partial charge >= 0.3 is 0 Å². The number of pyridine rings is 1. The summed E-state index contributed by atoms with van der Waals surface area (Å²) in [4.78, 5) is 18.4. The van der Waals surface area contributed by atoms with Crippen LogP contribution in [0.2, 0.25) is 0 Å². The Morgan fingerprint density at radius 2 is 1.74 bits per heavy atom. The Hall–Kier alpha value is -3.53. The van der Waals surface area contributed by atoms with Crippen molar-refractivity contribution in [1.29, 1.82) is 0 Å². The molecule has 1 atom stereocenters. The normalized spacial score (nSPS) is 14.4. The molecule has 0 bridgehead atoms. The molecule has 3 nitrogen and oxygen atoms in total. The molecular formula is C27H23FN2O. The van der Waals surface area contributed by atoms with Gasteiger partial charge in [-0.1, -0.05) is 60.7 Å². The number of fused-ring (bicyclic) bond motifs is 1. The quantitative estimate of drug-likeness (QED) is 0.424. The fourth-order valence-electron chi connectivity index (χ4n) is 4.29. The fraction of sp³-hybridized carbons (Fsp3) is 0.185. The number of para-hydroxylation sites is 1. The molecular weight excluding hydrogens is 387 g/mol. The third-order valence-corrected chi connectivity index (χ3v) is 6.00. The van der Waals surface area contributed by atoms with Gasteiger partial charge in [-0.25, -0.2) is 9.37 Å². The molecule has 0 spiro atoms. The average Bonchev–Trinajstić information content (AvgIpc) is 3.63. The van der Waals surface area contributed by atoms with Crippen molar-refractivity contribution in [2.75, 3.05) is 0 Å². The van der Waals surface area contributed by atoms with Crippen LogP contribution in [-0.2, 0) is 0 Å². The van der Waals surface area contributed by atoms with Crippen LogP contribution in [0.4, 0.5) is 4.39 Å². The fourth-order valence-corrected chi connectivity index (χ4v) is 4.29. The van der Waals surface area contributed by atoms with Gasteiger partial charge in [0.1, 0.15) is 5.82 Å². The molecule has 3 aromatic carbocycles. The molecule has 1 aromatic heterocycles. The van der Waals surface area contributed by atoms with Gasteiger partial charge < -0.3 is 5.32 Å². The lowest BCUT2D eigenvalue weighted by Gasteiger charge is -2.21. The van der Waals surface area contributed by atoms with Crippen molar-refractivity contribution in [2.45, 2.75) is 25.8 Å². The third kappa shape index (κ3) is 3.81. The minimum Gasteiger partial charge on any atom is -0.345 e. The van der Waals surface area contributed by atoms with Crippen LogP contribution in [-0.4, -0.2) is 10.9 Å². The van der Waals surface area contributed by atoms with Crippen LogP contribution in [0.25, 0.3) is 22.2 Å². The first-order valence-corrected chi connectivity index (χ1v) is 10.6. The van der Waals surface area contributed by atoms with Gasteiger partial charge in [0, 0.05) is 10.9 Å². The molecule has 4 heteroatoms. The van der Waals surface area contributed by atoms with Gasteiger partial charge in [0.05, 0.1) is 22.8 Å². The smallest absolute Gasteiger partial charge is 0.252 e. The first-order valence-electron chi connectivity index (χ1n) is 10.6. The second kappa shape index (κ2) is 7.95. The molecule has 154 valence electrons. The summed E-state index contributed by atoms with van der Waals surface area (Å²) in [6.45, 7) is 1.89. The van der Waals surface area contributed by atoms with E-state index >= 15 is 0 Å². The molecule has 0 unspecified atom stereocenters. The summed E-state index contributed by atoms with van der Waals surface area (Å²) in [6, 6.07) is 24.1. The van der Waals surface area contributed by atoms with Gasteiger partial charge in [0.15, 0.2) is 0 Å². The highest BCUT2D eigenvalue weighted by atomic mass is 19.1. The van der Waals surface area contributed by atoms with Crippen molar-refractivity contribution >= 4 is 16.8 Å². The minimum atomic E-state index is -0.323. The Morgan fingerprint density at radius 1 is 1.00 bits per heavy atom. The standard InChI is InChI=1S/C27H23FN2O/c1-17-24(27(31)30-26(19-14-15-19)18-8-3-2-4-9-18)22-12-5-6-13-23(22)29-25(17)20-10-7-11-21(28)16-20/h2-13,16,19,26H,14-15H2,1H3,(H,30,31)/t26-/m1/s1. The lowest BCUT2D eigenvalue weighted by Crippen LogP contribution is -2.30. The number of aromatic nitrogens is 1. The maximum absolute atomic E-state index is 13.9. The highest BCUT2D eigenvalue weighted by Crippen LogP contribution is 2.41. The van der Waals surface area contributed by atoms with Gasteiger partial charge in [-0.2, -0.15) is 0 Å². The van der Waals surface area contributed by atoms with Gasteiger partial charge in [-0.3, -0.25) is 4.79 Å². The average molecular weight is 410 g/mol. The number of nitrogens with one attached hydrogen (secondary N) is 1. The molecule has 5 rings (SSSR count). The maximum atomic E-state index is 13.9. The van der Waals surface area contributed by atoms with Gasteiger partial charge in [-0.15, -0.1) is 0 Å². The highest BCUT2D eigenvalue weighted by Gasteiger charge is 2.34. The van der Waals surface area contributed by atoms with Crippen molar-refractivity contribution in [1.82, 2.24) is 10.3 Å². The Kier molecular flexibility index (Phi) is 4.99. The summed E-state index contributed by atoms with van der Waals surface area (Å²) in [5.74, 6) is 0.0210. The van der Waals surface area contributed by atoms with Gasteiger partial charge in [0.25, 0.3) is 5.91 Å². The Balaban J connectivity index is 1.61. The molecule has 1 amide bonds. The molecule has 1 fully saturated rings. The van der Waals surface area contributed by atoms with Crippen LogP contribution in [0, 0.1) is 18.7 Å². The van der Waals surface area contributed by atoms with Crippen LogP contribution < -0.4 is 5.32 Å². The van der Waals surface area contributed by atoms with E-state index in [-0.39, 0.29) is 17.8 Å². The largest absolute Gasteiger partial charge is 0.345 e. The summed E-state index contributed by atoms with van der Waals surface area (Å²) in [7, 11) is 0. The summed E-state index contributed by atoms with van der Waals surface area (Å²) in [5.41, 5.74) is 4.50. The second-order valence-corrected chi connectivity index (χ2v) is 8.19. The van der Waals surface area contributed by atoms with Crippen LogP contribution in [0.3, 0.4) is 0 Å². The number of carbonyl (C=O) groups is 1. The lowest BCUT2D eigenvalue weighted by molar-refractivity contribution is 0.0932. The van der Waals surface area contributed by atoms with Crippen LogP contribution in [0.5, 0.6) is 0 Å². The monoisotopic (exact) mass is 410 g/mol. The SMILES string of the molecule is Cc1c(-c2cccc(F)c2)nc2ccccc2c1C(=O)N[C@H](c1ccccc1)C1CC1. The van der Waals surface area contributed by atoms with Crippen molar-refractivity contribution < 1.29 is 9.18 Å². The topological polar surface area (TPSA) is 42.0 Å². The second-order valence-electron chi connectivity index (χ2n) is 8.19. The van der Waals surface area contributed by atoms with E-state index in [4.69, 9.17) is 4.98 Å². The predicted octanol–water partition coefficient (Wildman–Crippen LogP) is 6.23. The van der Waals surface area contributed by atoms with E-state index < -0.39 is 0 Å². The number of hydrogen-bond acceptors (Lipinski definition) is 2. The van der Waals surface area contributed by atoms with E-state index in [0.29, 0.717) is 22.7 Å². The zero-order chi connectivity index (χ0) is 21.4. The Labute approximate surface area is 181 Å². The number of amides is 1. The van der Waals surface area contributed by atoms with E-state index in [1.807, 2.05) is 55.5 Å². The van der Waals surface area contributed by atoms with Gasteiger partial charge in [-0.05, 0) is 55.0 Å². The van der Waals surface area contributed by atoms with Crippen LogP contribution >= 0.6 is 0 Å². The molecule has 4 aromatic rings. The van der Waals surface area contributed by atoms with E-state index in [1.54, 1.807) is 6.07 Å². The molecule has 1 N–H and O–H groups in total. The number of hydrogen-bond donors (Lipinski definition) is 1. The molecule has 1 saturated carbocycles. The zero-order valence-corrected chi connectivity index (χ0v) is 17.3. The van der Waals surface area contributed by atoms with E-state index in [1.165, 1.54) is 12.1 Å².